The van der Waals surface area contributed by atoms with Gasteiger partial charge in [-0.25, -0.2) is 0 Å². The molecule has 2 aromatic rings. The molecule has 192 valence electrons. The highest BCUT2D eigenvalue weighted by atomic mass is 31.2. The molecule has 0 heterocycles. The van der Waals surface area contributed by atoms with E-state index in [0.29, 0.717) is 11.2 Å². The van der Waals surface area contributed by atoms with E-state index in [9.17, 15) is 9.59 Å². The molecule has 2 aliphatic rings. The molecule has 2 nitrogen and oxygen atoms in total. The Labute approximate surface area is 223 Å². The van der Waals surface area contributed by atoms with Gasteiger partial charge in [-0.05, 0) is 74.3 Å². The number of carbonyl (C=O) groups is 2. The smallest absolute Gasteiger partial charge is 0.182 e. The first-order chi connectivity index (χ1) is 18.2. The van der Waals surface area contributed by atoms with Crippen molar-refractivity contribution in [2.24, 2.45) is 0 Å². The lowest BCUT2D eigenvalue weighted by molar-refractivity contribution is -0.114. The number of hydrogen-bond donors (Lipinski definition) is 0. The van der Waals surface area contributed by atoms with Crippen LogP contribution in [0.15, 0.2) is 109 Å². The van der Waals surface area contributed by atoms with Crippen LogP contribution in [0.2, 0.25) is 0 Å². The number of rotatable bonds is 14. The highest BCUT2D eigenvalue weighted by molar-refractivity contribution is 7.90. The van der Waals surface area contributed by atoms with Crippen LogP contribution in [0.25, 0.3) is 0 Å². The van der Waals surface area contributed by atoms with Crippen LogP contribution in [0, 0.1) is 0 Å². The molecule has 0 N–H and O–H groups in total. The average molecular weight is 512 g/mol. The monoisotopic (exact) mass is 511 g/mol. The van der Waals surface area contributed by atoms with Crippen molar-refractivity contribution in [3.8, 4) is 0 Å². The summed E-state index contributed by atoms with van der Waals surface area (Å²) in [6, 6.07) is 22.6. The number of hydrogen-bond acceptors (Lipinski definition) is 2. The minimum Gasteiger partial charge on any atom is -0.290 e. The average Bonchev–Trinajstić information content (AvgIpc) is 2.95. The summed E-state index contributed by atoms with van der Waals surface area (Å²) >= 11 is 0. The van der Waals surface area contributed by atoms with E-state index in [0.717, 1.165) is 25.7 Å². The van der Waals surface area contributed by atoms with Crippen molar-refractivity contribution >= 4 is 29.4 Å². The molecule has 0 amide bonds. The predicted octanol–water partition coefficient (Wildman–Crippen LogP) is 7.69. The fourth-order valence-corrected chi connectivity index (χ4v) is 10.6. The van der Waals surface area contributed by atoms with Crippen molar-refractivity contribution < 1.29 is 9.59 Å². The molecule has 1 atom stereocenters. The molecule has 0 aromatic heterocycles. The maximum absolute atomic E-state index is 11.8. The van der Waals surface area contributed by atoms with Gasteiger partial charge in [-0.1, -0.05) is 86.7 Å². The number of carbonyl (C=O) groups excluding carboxylic acids is 2. The molecule has 0 bridgehead atoms. The molecule has 0 radical (unpaired) electrons. The Morgan fingerprint density at radius 2 is 1.27 bits per heavy atom. The topological polar surface area (TPSA) is 34.1 Å². The summed E-state index contributed by atoms with van der Waals surface area (Å²) in [5.41, 5.74) is 1.25. The highest BCUT2D eigenvalue weighted by Gasteiger charge is 2.48. The van der Waals surface area contributed by atoms with Gasteiger partial charge in [-0.2, -0.15) is 0 Å². The molecule has 0 saturated carbocycles. The van der Waals surface area contributed by atoms with E-state index in [2.05, 4.69) is 85.0 Å². The number of ketones is 2. The Hall–Kier alpha value is -2.83. The molecule has 0 fully saturated rings. The van der Waals surface area contributed by atoms with Crippen LogP contribution in [-0.4, -0.2) is 23.4 Å². The van der Waals surface area contributed by atoms with E-state index in [1.54, 1.807) is 0 Å². The van der Waals surface area contributed by atoms with Crippen LogP contribution >= 0.6 is 7.26 Å². The lowest BCUT2D eigenvalue weighted by atomic mass is 9.97. The third-order valence-corrected chi connectivity index (χ3v) is 12.7. The summed E-state index contributed by atoms with van der Waals surface area (Å²) in [7, 11) is -1.57. The minimum absolute atomic E-state index is 0.00395. The van der Waals surface area contributed by atoms with Gasteiger partial charge in [0.15, 0.2) is 11.6 Å². The molecule has 2 aromatic carbocycles. The van der Waals surface area contributed by atoms with Crippen molar-refractivity contribution in [3.63, 3.8) is 0 Å². The van der Waals surface area contributed by atoms with Gasteiger partial charge in [0.1, 0.15) is 5.66 Å². The van der Waals surface area contributed by atoms with Gasteiger partial charge in [-0.15, -0.1) is 0 Å². The molecule has 3 heteroatoms. The molecule has 0 saturated heterocycles. The Balaban J connectivity index is 1.26. The summed E-state index contributed by atoms with van der Waals surface area (Å²) in [4.78, 5) is 23.3. The van der Waals surface area contributed by atoms with E-state index in [4.69, 9.17) is 0 Å². The second-order valence-corrected chi connectivity index (χ2v) is 14.1. The van der Waals surface area contributed by atoms with Crippen molar-refractivity contribution in [2.45, 2.75) is 69.9 Å². The Kier molecular flexibility index (Phi) is 10.4. The normalized spacial score (nSPS) is 17.3. The molecular formula is C34H40O2P+. The first kappa shape index (κ1) is 27.2. The summed E-state index contributed by atoms with van der Waals surface area (Å²) in [6.07, 6.45) is 26.3. The van der Waals surface area contributed by atoms with Gasteiger partial charge in [0, 0.05) is 12.0 Å². The van der Waals surface area contributed by atoms with Crippen molar-refractivity contribution in [1.29, 1.82) is 0 Å². The van der Waals surface area contributed by atoms with Crippen LogP contribution in [-0.2, 0) is 9.59 Å². The van der Waals surface area contributed by atoms with E-state index < -0.39 is 7.26 Å². The number of benzene rings is 2. The Bertz CT molecular complexity index is 1100. The van der Waals surface area contributed by atoms with Crippen LogP contribution in [0.1, 0.15) is 64.2 Å². The Morgan fingerprint density at radius 1 is 0.676 bits per heavy atom. The maximum Gasteiger partial charge on any atom is 0.182 e. The largest absolute Gasteiger partial charge is 0.290 e. The molecule has 37 heavy (non-hydrogen) atoms. The SMILES string of the molecule is O=C1C=CC(=O)C(CCCCCCCCCC[P+](c2ccccc2)(c2ccccc2)C2C=CC=CC2)=C1. The van der Waals surface area contributed by atoms with Gasteiger partial charge in [0.05, 0.1) is 24.0 Å². The molecule has 1 unspecified atom stereocenters. The predicted molar refractivity (Wildman–Crippen MR) is 159 cm³/mol. The Morgan fingerprint density at radius 3 is 1.86 bits per heavy atom. The highest BCUT2D eigenvalue weighted by Crippen LogP contribution is 2.63. The van der Waals surface area contributed by atoms with Crippen molar-refractivity contribution in [3.05, 3.63) is 109 Å². The summed E-state index contributed by atoms with van der Waals surface area (Å²) in [5, 5.41) is 3.07. The van der Waals surface area contributed by atoms with Crippen molar-refractivity contribution in [1.82, 2.24) is 0 Å². The second-order valence-electron chi connectivity index (χ2n) is 10.2. The zero-order valence-electron chi connectivity index (χ0n) is 21.9. The quantitative estimate of drug-likeness (QED) is 0.148. The van der Waals surface area contributed by atoms with E-state index >= 15 is 0 Å². The fourth-order valence-electron chi connectivity index (χ4n) is 5.73. The lowest BCUT2D eigenvalue weighted by Gasteiger charge is -2.34. The van der Waals surface area contributed by atoms with Crippen molar-refractivity contribution in [2.75, 3.05) is 6.16 Å². The molecule has 2 aliphatic carbocycles. The number of unbranched alkanes of at least 4 members (excludes halogenated alkanes) is 7. The molecular weight excluding hydrogens is 471 g/mol. The van der Waals surface area contributed by atoms with Crippen LogP contribution < -0.4 is 10.6 Å². The van der Waals surface area contributed by atoms with E-state index in [1.807, 2.05) is 0 Å². The van der Waals surface area contributed by atoms with Gasteiger partial charge in [0.2, 0.25) is 0 Å². The van der Waals surface area contributed by atoms with E-state index in [1.165, 1.54) is 73.5 Å². The second kappa shape index (κ2) is 14.2. The van der Waals surface area contributed by atoms with Gasteiger partial charge < -0.3 is 0 Å². The lowest BCUT2D eigenvalue weighted by Crippen LogP contribution is -2.33. The van der Waals surface area contributed by atoms with Gasteiger partial charge >= 0.3 is 0 Å². The first-order valence-electron chi connectivity index (χ1n) is 14.0. The van der Waals surface area contributed by atoms with Gasteiger partial charge in [0.25, 0.3) is 0 Å². The van der Waals surface area contributed by atoms with Crippen LogP contribution in [0.3, 0.4) is 0 Å². The van der Waals surface area contributed by atoms with E-state index in [-0.39, 0.29) is 11.6 Å². The minimum atomic E-state index is -1.57. The summed E-state index contributed by atoms with van der Waals surface area (Å²) in [6.45, 7) is 0. The zero-order valence-corrected chi connectivity index (χ0v) is 22.8. The third kappa shape index (κ3) is 7.36. The number of allylic oxidation sites excluding steroid dienone is 8. The van der Waals surface area contributed by atoms with Gasteiger partial charge in [-0.3, -0.25) is 9.59 Å². The maximum atomic E-state index is 11.8. The molecule has 0 aliphatic heterocycles. The fraction of sp³-hybridized carbons (Fsp3) is 0.353. The molecule has 4 rings (SSSR count). The van der Waals surface area contributed by atoms with Crippen LogP contribution in [0.5, 0.6) is 0 Å². The first-order valence-corrected chi connectivity index (χ1v) is 16.0. The summed E-state index contributed by atoms with van der Waals surface area (Å²) in [5.74, 6) is -0.0548. The third-order valence-electron chi connectivity index (χ3n) is 7.70. The molecule has 0 spiro atoms. The zero-order chi connectivity index (χ0) is 25.8. The summed E-state index contributed by atoms with van der Waals surface area (Å²) < 4.78 is 0. The van der Waals surface area contributed by atoms with Crippen LogP contribution in [0.4, 0.5) is 0 Å². The standard InChI is InChI=1S/C34H40O2P/c35-30-25-26-34(36)29(28-30)18-10-5-3-1-2-4-6-17-27-37(31-19-11-7-12-20-31,32-21-13-8-14-22-32)33-23-15-9-16-24-33/h7-9,11-16,19-23,25-26,28,33H,1-6,10,17-18,24,27H2/q+1.